The molecule has 0 radical (unpaired) electrons. The summed E-state index contributed by atoms with van der Waals surface area (Å²) in [6.45, 7) is 2.54. The summed E-state index contributed by atoms with van der Waals surface area (Å²) in [5.41, 5.74) is 8.14. The van der Waals surface area contributed by atoms with E-state index in [1.165, 1.54) is 10.4 Å². The van der Waals surface area contributed by atoms with Gasteiger partial charge in [-0.05, 0) is 29.9 Å². The molecule has 2 aliphatic heterocycles. The molecule has 8 heteroatoms. The van der Waals surface area contributed by atoms with Gasteiger partial charge in [-0.3, -0.25) is 4.68 Å². The lowest BCUT2D eigenvalue weighted by molar-refractivity contribution is -0.0757. The molecule has 0 atom stereocenters. The molecule has 5 heterocycles. The smallest absolute Gasteiger partial charge is 0.229 e. The zero-order valence-electron chi connectivity index (χ0n) is 14.1. The maximum absolute atomic E-state index is 6.28. The number of nitrogens with zero attached hydrogens (tertiary/aromatic N) is 5. The van der Waals surface area contributed by atoms with Gasteiger partial charge in [0.1, 0.15) is 5.82 Å². The standard InChI is InChI=1S/C17H20N6OS/c1-22-15-11(10-19-22)14(18)20-16(21-15)23-6-4-17(5-7-23)12-3-9-25-13(12)2-8-24-17/h3,9-10H,2,4-8H2,1H3,(H2,18,20,21). The van der Waals surface area contributed by atoms with Crippen molar-refractivity contribution in [3.8, 4) is 0 Å². The zero-order chi connectivity index (χ0) is 17.0. The molecular formula is C17H20N6OS. The number of piperidine rings is 1. The number of rotatable bonds is 1. The minimum atomic E-state index is -0.133. The summed E-state index contributed by atoms with van der Waals surface area (Å²) in [6, 6.07) is 2.24. The maximum Gasteiger partial charge on any atom is 0.229 e. The van der Waals surface area contributed by atoms with Crippen molar-refractivity contribution in [1.82, 2.24) is 19.7 Å². The molecule has 5 rings (SSSR count). The number of fused-ring (bicyclic) bond motifs is 3. The molecule has 0 aromatic carbocycles. The molecule has 2 N–H and O–H groups in total. The van der Waals surface area contributed by atoms with E-state index in [0.29, 0.717) is 11.8 Å². The number of aryl methyl sites for hydroxylation is 1. The summed E-state index contributed by atoms with van der Waals surface area (Å²) in [5, 5.41) is 7.22. The molecular weight excluding hydrogens is 336 g/mol. The number of nitrogen functional groups attached to an aromatic ring is 1. The molecule has 0 aliphatic carbocycles. The summed E-state index contributed by atoms with van der Waals surface area (Å²) in [7, 11) is 1.87. The van der Waals surface area contributed by atoms with Crippen molar-refractivity contribution in [3.05, 3.63) is 28.1 Å². The van der Waals surface area contributed by atoms with Crippen LogP contribution in [0.3, 0.4) is 0 Å². The largest absolute Gasteiger partial charge is 0.383 e. The molecule has 7 nitrogen and oxygen atoms in total. The Morgan fingerprint density at radius 1 is 1.28 bits per heavy atom. The molecule has 1 spiro atoms. The minimum absolute atomic E-state index is 0.133. The van der Waals surface area contributed by atoms with Gasteiger partial charge in [-0.1, -0.05) is 0 Å². The fourth-order valence-corrected chi connectivity index (χ4v) is 4.96. The van der Waals surface area contributed by atoms with Crippen molar-refractivity contribution < 1.29 is 4.74 Å². The highest BCUT2D eigenvalue weighted by Crippen LogP contribution is 2.43. The fourth-order valence-electron chi connectivity index (χ4n) is 4.01. The molecule has 0 unspecified atom stereocenters. The van der Waals surface area contributed by atoms with Gasteiger partial charge in [0.25, 0.3) is 0 Å². The average molecular weight is 356 g/mol. The molecule has 0 saturated carbocycles. The van der Waals surface area contributed by atoms with Gasteiger partial charge in [-0.15, -0.1) is 11.3 Å². The number of anilines is 2. The Balaban J connectivity index is 1.44. The quantitative estimate of drug-likeness (QED) is 0.719. The van der Waals surface area contributed by atoms with Crippen molar-refractivity contribution in [2.45, 2.75) is 24.9 Å². The van der Waals surface area contributed by atoms with E-state index < -0.39 is 0 Å². The van der Waals surface area contributed by atoms with Gasteiger partial charge in [0, 0.05) is 31.4 Å². The predicted octanol–water partition coefficient (Wildman–Crippen LogP) is 2.08. The van der Waals surface area contributed by atoms with Crippen molar-refractivity contribution in [2.75, 3.05) is 30.3 Å². The van der Waals surface area contributed by atoms with Crippen molar-refractivity contribution in [3.63, 3.8) is 0 Å². The summed E-state index contributed by atoms with van der Waals surface area (Å²) < 4.78 is 8.02. The molecule has 3 aromatic rings. The fraction of sp³-hybridized carbons (Fsp3) is 0.471. The topological polar surface area (TPSA) is 82.1 Å². The van der Waals surface area contributed by atoms with Gasteiger partial charge in [0.15, 0.2) is 5.65 Å². The van der Waals surface area contributed by atoms with Crippen LogP contribution in [-0.2, 0) is 23.8 Å². The van der Waals surface area contributed by atoms with E-state index in [1.807, 2.05) is 18.4 Å². The highest BCUT2D eigenvalue weighted by molar-refractivity contribution is 7.10. The molecule has 2 aliphatic rings. The second kappa shape index (κ2) is 5.40. The van der Waals surface area contributed by atoms with E-state index in [1.54, 1.807) is 10.9 Å². The predicted molar refractivity (Wildman–Crippen MR) is 97.8 cm³/mol. The highest BCUT2D eigenvalue weighted by Gasteiger charge is 2.41. The first-order chi connectivity index (χ1) is 12.2. The second-order valence-electron chi connectivity index (χ2n) is 6.75. The van der Waals surface area contributed by atoms with E-state index in [2.05, 4.69) is 31.4 Å². The Morgan fingerprint density at radius 2 is 2.12 bits per heavy atom. The van der Waals surface area contributed by atoms with E-state index in [9.17, 15) is 0 Å². The molecule has 1 fully saturated rings. The lowest BCUT2D eigenvalue weighted by atomic mass is 9.82. The molecule has 25 heavy (non-hydrogen) atoms. The number of hydrogen-bond donors (Lipinski definition) is 1. The minimum Gasteiger partial charge on any atom is -0.383 e. The van der Waals surface area contributed by atoms with E-state index >= 15 is 0 Å². The van der Waals surface area contributed by atoms with Crippen molar-refractivity contribution in [2.24, 2.45) is 7.05 Å². The third-order valence-electron chi connectivity index (χ3n) is 5.41. The van der Waals surface area contributed by atoms with Gasteiger partial charge in [-0.2, -0.15) is 15.1 Å². The number of aromatic nitrogens is 4. The molecule has 0 bridgehead atoms. The lowest BCUT2D eigenvalue weighted by Gasteiger charge is -2.44. The summed E-state index contributed by atoms with van der Waals surface area (Å²) >= 11 is 1.85. The number of nitrogens with two attached hydrogens (primary N) is 1. The Bertz CT molecular complexity index is 940. The van der Waals surface area contributed by atoms with Crippen LogP contribution in [0, 0.1) is 0 Å². The normalized spacial score (nSPS) is 19.5. The Morgan fingerprint density at radius 3 is 2.96 bits per heavy atom. The first kappa shape index (κ1) is 15.1. The van der Waals surface area contributed by atoms with Gasteiger partial charge < -0.3 is 15.4 Å². The second-order valence-corrected chi connectivity index (χ2v) is 7.75. The van der Waals surface area contributed by atoms with Gasteiger partial charge in [0.05, 0.1) is 23.8 Å². The third kappa shape index (κ3) is 2.24. The monoisotopic (exact) mass is 356 g/mol. The molecule has 1 saturated heterocycles. The SMILES string of the molecule is Cn1ncc2c(N)nc(N3CCC4(CC3)OCCc3sccc34)nc21. The van der Waals surface area contributed by atoms with Crippen LogP contribution in [0.25, 0.3) is 11.0 Å². The van der Waals surface area contributed by atoms with E-state index in [4.69, 9.17) is 10.5 Å². The highest BCUT2D eigenvalue weighted by atomic mass is 32.1. The number of ether oxygens (including phenoxy) is 1. The van der Waals surface area contributed by atoms with Crippen LogP contribution in [0.1, 0.15) is 23.3 Å². The number of thiophene rings is 1. The van der Waals surface area contributed by atoms with Crippen LogP contribution >= 0.6 is 11.3 Å². The Labute approximate surface area is 149 Å². The molecule has 0 amide bonds. The first-order valence-corrected chi connectivity index (χ1v) is 9.45. The zero-order valence-corrected chi connectivity index (χ0v) is 14.9. The van der Waals surface area contributed by atoms with Gasteiger partial charge >= 0.3 is 0 Å². The van der Waals surface area contributed by atoms with Gasteiger partial charge in [0.2, 0.25) is 5.95 Å². The molecule has 130 valence electrons. The molecule has 3 aromatic heterocycles. The van der Waals surface area contributed by atoms with Crippen molar-refractivity contribution >= 4 is 34.1 Å². The Kier molecular flexibility index (Phi) is 3.26. The average Bonchev–Trinajstić information content (AvgIpc) is 3.24. The van der Waals surface area contributed by atoms with Crippen LogP contribution < -0.4 is 10.6 Å². The van der Waals surface area contributed by atoms with Crippen molar-refractivity contribution in [1.29, 1.82) is 0 Å². The van der Waals surface area contributed by atoms with E-state index in [-0.39, 0.29) is 5.60 Å². The summed E-state index contributed by atoms with van der Waals surface area (Å²) in [4.78, 5) is 12.9. The maximum atomic E-state index is 6.28. The Hall–Kier alpha value is -2.19. The van der Waals surface area contributed by atoms with Crippen LogP contribution in [0.4, 0.5) is 11.8 Å². The van der Waals surface area contributed by atoms with Crippen LogP contribution in [0.5, 0.6) is 0 Å². The summed E-state index contributed by atoms with van der Waals surface area (Å²) in [6.07, 6.45) is 4.65. The van der Waals surface area contributed by atoms with Gasteiger partial charge in [-0.25, -0.2) is 0 Å². The van der Waals surface area contributed by atoms with E-state index in [0.717, 1.165) is 50.0 Å². The third-order valence-corrected chi connectivity index (χ3v) is 6.39. The number of hydrogen-bond acceptors (Lipinski definition) is 7. The summed E-state index contributed by atoms with van der Waals surface area (Å²) in [5.74, 6) is 1.17. The van der Waals surface area contributed by atoms with Crippen LogP contribution in [0.15, 0.2) is 17.6 Å². The van der Waals surface area contributed by atoms with Crippen LogP contribution in [0.2, 0.25) is 0 Å². The van der Waals surface area contributed by atoms with Crippen LogP contribution in [-0.4, -0.2) is 39.4 Å². The lowest BCUT2D eigenvalue weighted by Crippen LogP contribution is -2.46. The first-order valence-electron chi connectivity index (χ1n) is 8.57.